The lowest BCUT2D eigenvalue weighted by molar-refractivity contribution is 0.404. The van der Waals surface area contributed by atoms with Gasteiger partial charge in [0.25, 0.3) is 0 Å². The number of nitrogens with zero attached hydrogens (tertiary/aromatic N) is 2. The van der Waals surface area contributed by atoms with Crippen LogP contribution in [0.5, 0.6) is 0 Å². The minimum atomic E-state index is -0.0189. The Kier molecular flexibility index (Phi) is 6.56. The molecular weight excluding hydrogens is 248 g/mol. The molecule has 0 aliphatic carbocycles. The van der Waals surface area contributed by atoms with Gasteiger partial charge in [-0.2, -0.15) is 0 Å². The van der Waals surface area contributed by atoms with E-state index in [1.54, 1.807) is 0 Å². The average molecular weight is 278 g/mol. The summed E-state index contributed by atoms with van der Waals surface area (Å²) in [5.74, 6) is 1.36. The number of hydrogen-bond donors (Lipinski definition) is 2. The molecule has 20 heavy (non-hydrogen) atoms. The van der Waals surface area contributed by atoms with Gasteiger partial charge < -0.3 is 11.1 Å². The summed E-state index contributed by atoms with van der Waals surface area (Å²) in [6.07, 6.45) is 1.80. The summed E-state index contributed by atoms with van der Waals surface area (Å²) in [5, 5.41) is 3.64. The highest BCUT2D eigenvalue weighted by molar-refractivity contribution is 6.06. The number of nitrogens with one attached hydrogen (secondary N) is 1. The van der Waals surface area contributed by atoms with Crippen LogP contribution in [0.1, 0.15) is 47.5 Å². The van der Waals surface area contributed by atoms with Gasteiger partial charge in [0.15, 0.2) is 0 Å². The molecule has 0 spiro atoms. The van der Waals surface area contributed by atoms with Crippen molar-refractivity contribution in [2.75, 3.05) is 6.54 Å². The van der Waals surface area contributed by atoms with Gasteiger partial charge in [-0.1, -0.05) is 32.9 Å². The molecule has 1 heterocycles. The monoisotopic (exact) mass is 278 g/mol. The first kappa shape index (κ1) is 17.1. The van der Waals surface area contributed by atoms with Crippen LogP contribution in [0.15, 0.2) is 22.1 Å². The summed E-state index contributed by atoms with van der Waals surface area (Å²) in [7, 11) is 0. The van der Waals surface area contributed by atoms with Crippen molar-refractivity contribution < 1.29 is 0 Å². The standard InChI is InChI=1S/C16H30N4/c1-7-14(17)16-18-9-13(20-16)8-12(6)19-15(10(2)3)11(4)5/h11-12,14-15,19H,2,7-9,17H2,1,3-6H3. The van der Waals surface area contributed by atoms with Crippen LogP contribution in [0.3, 0.4) is 0 Å². The zero-order chi connectivity index (χ0) is 15.3. The normalized spacial score (nSPS) is 19.6. The molecule has 0 aromatic heterocycles. The van der Waals surface area contributed by atoms with Gasteiger partial charge in [-0.25, -0.2) is 4.99 Å². The first-order chi connectivity index (χ1) is 9.35. The smallest absolute Gasteiger partial charge is 0.140 e. The molecule has 3 atom stereocenters. The minimum absolute atomic E-state index is 0.0189. The van der Waals surface area contributed by atoms with Crippen molar-refractivity contribution in [2.24, 2.45) is 21.6 Å². The van der Waals surface area contributed by atoms with E-state index in [-0.39, 0.29) is 6.04 Å². The summed E-state index contributed by atoms with van der Waals surface area (Å²) in [6.45, 7) is 15.5. The molecule has 0 amide bonds. The summed E-state index contributed by atoms with van der Waals surface area (Å²) in [4.78, 5) is 9.01. The lowest BCUT2D eigenvalue weighted by atomic mass is 9.96. The molecule has 0 aromatic carbocycles. The topological polar surface area (TPSA) is 62.8 Å². The first-order valence-electron chi connectivity index (χ1n) is 7.62. The molecule has 4 nitrogen and oxygen atoms in total. The second-order valence-corrected chi connectivity index (χ2v) is 6.21. The van der Waals surface area contributed by atoms with Gasteiger partial charge in [0.05, 0.1) is 12.6 Å². The van der Waals surface area contributed by atoms with Gasteiger partial charge >= 0.3 is 0 Å². The summed E-state index contributed by atoms with van der Waals surface area (Å²) < 4.78 is 0. The fourth-order valence-corrected chi connectivity index (χ4v) is 2.52. The number of rotatable bonds is 8. The Bertz CT molecular complexity index is 395. The molecule has 114 valence electrons. The van der Waals surface area contributed by atoms with Crippen molar-refractivity contribution in [3.63, 3.8) is 0 Å². The number of nitrogens with two attached hydrogens (primary N) is 1. The van der Waals surface area contributed by atoms with Crippen molar-refractivity contribution in [1.82, 2.24) is 5.32 Å². The molecule has 1 aliphatic heterocycles. The van der Waals surface area contributed by atoms with E-state index in [1.807, 2.05) is 0 Å². The highest BCUT2D eigenvalue weighted by Crippen LogP contribution is 2.13. The lowest BCUT2D eigenvalue weighted by Gasteiger charge is -2.27. The van der Waals surface area contributed by atoms with E-state index in [4.69, 9.17) is 5.73 Å². The van der Waals surface area contributed by atoms with Crippen LogP contribution in [0.25, 0.3) is 0 Å². The van der Waals surface area contributed by atoms with Crippen LogP contribution in [-0.4, -0.2) is 36.2 Å². The maximum absolute atomic E-state index is 5.97. The van der Waals surface area contributed by atoms with Gasteiger partial charge in [-0.3, -0.25) is 4.99 Å². The highest BCUT2D eigenvalue weighted by Gasteiger charge is 2.20. The first-order valence-corrected chi connectivity index (χ1v) is 7.62. The quantitative estimate of drug-likeness (QED) is 0.670. The molecule has 0 saturated heterocycles. The van der Waals surface area contributed by atoms with Crippen LogP contribution in [0.4, 0.5) is 0 Å². The molecule has 0 bridgehead atoms. The molecular formula is C16H30N4. The van der Waals surface area contributed by atoms with E-state index < -0.39 is 0 Å². The predicted octanol–water partition coefficient (Wildman–Crippen LogP) is 2.55. The Morgan fingerprint density at radius 3 is 2.55 bits per heavy atom. The lowest BCUT2D eigenvalue weighted by Crippen LogP contribution is -2.41. The summed E-state index contributed by atoms with van der Waals surface area (Å²) >= 11 is 0. The van der Waals surface area contributed by atoms with E-state index in [1.165, 1.54) is 5.57 Å². The van der Waals surface area contributed by atoms with Crippen LogP contribution < -0.4 is 11.1 Å². The second kappa shape index (κ2) is 7.70. The molecule has 1 rings (SSSR count). The van der Waals surface area contributed by atoms with Crippen LogP contribution in [0.2, 0.25) is 0 Å². The van der Waals surface area contributed by atoms with Crippen molar-refractivity contribution >= 4 is 11.5 Å². The molecule has 1 aliphatic rings. The van der Waals surface area contributed by atoms with E-state index in [0.717, 1.165) is 24.4 Å². The number of hydrogen-bond acceptors (Lipinski definition) is 4. The Morgan fingerprint density at radius 2 is 2.05 bits per heavy atom. The maximum Gasteiger partial charge on any atom is 0.140 e. The SMILES string of the molecule is C=C(C)C(NC(C)CC1=NC(C(N)CC)=NC1)C(C)C. The van der Waals surface area contributed by atoms with Gasteiger partial charge in [0.1, 0.15) is 5.84 Å². The Morgan fingerprint density at radius 1 is 1.40 bits per heavy atom. The Labute approximate surface area is 123 Å². The zero-order valence-corrected chi connectivity index (χ0v) is 13.6. The van der Waals surface area contributed by atoms with Crippen LogP contribution >= 0.6 is 0 Å². The zero-order valence-electron chi connectivity index (χ0n) is 13.6. The fourth-order valence-electron chi connectivity index (χ4n) is 2.52. The second-order valence-electron chi connectivity index (χ2n) is 6.21. The van der Waals surface area contributed by atoms with Crippen molar-refractivity contribution in [1.29, 1.82) is 0 Å². The molecule has 0 radical (unpaired) electrons. The van der Waals surface area contributed by atoms with Crippen molar-refractivity contribution in [3.05, 3.63) is 12.2 Å². The van der Waals surface area contributed by atoms with E-state index >= 15 is 0 Å². The maximum atomic E-state index is 5.97. The van der Waals surface area contributed by atoms with Gasteiger partial charge in [-0.05, 0) is 26.2 Å². The molecule has 0 fully saturated rings. The Balaban J connectivity index is 2.52. The summed E-state index contributed by atoms with van der Waals surface area (Å²) in [5.41, 5.74) is 8.28. The number of aliphatic imine (C=N–C) groups is 2. The third-order valence-electron chi connectivity index (χ3n) is 3.67. The third-order valence-corrected chi connectivity index (χ3v) is 3.67. The highest BCUT2D eigenvalue weighted by atomic mass is 15.0. The number of amidine groups is 1. The molecule has 3 unspecified atom stereocenters. The van der Waals surface area contributed by atoms with Gasteiger partial charge in [0, 0.05) is 24.2 Å². The molecule has 0 aromatic rings. The van der Waals surface area contributed by atoms with Gasteiger partial charge in [0.2, 0.25) is 0 Å². The van der Waals surface area contributed by atoms with Crippen molar-refractivity contribution in [3.8, 4) is 0 Å². The molecule has 4 heteroatoms. The van der Waals surface area contributed by atoms with Crippen LogP contribution in [-0.2, 0) is 0 Å². The molecule has 3 N–H and O–H groups in total. The summed E-state index contributed by atoms with van der Waals surface area (Å²) in [6, 6.07) is 0.699. The van der Waals surface area contributed by atoms with Crippen molar-refractivity contribution in [2.45, 2.75) is 65.6 Å². The van der Waals surface area contributed by atoms with E-state index in [9.17, 15) is 0 Å². The molecule has 0 saturated carbocycles. The fraction of sp³-hybridized carbons (Fsp3) is 0.750. The largest absolute Gasteiger partial charge is 0.321 e. The minimum Gasteiger partial charge on any atom is -0.321 e. The van der Waals surface area contributed by atoms with E-state index in [0.29, 0.717) is 24.5 Å². The van der Waals surface area contributed by atoms with E-state index in [2.05, 4.69) is 56.5 Å². The predicted molar refractivity (Wildman–Crippen MR) is 88.7 cm³/mol. The van der Waals surface area contributed by atoms with Crippen LogP contribution in [0, 0.1) is 5.92 Å². The van der Waals surface area contributed by atoms with Gasteiger partial charge in [-0.15, -0.1) is 0 Å². The third kappa shape index (κ3) is 4.84. The Hall–Kier alpha value is -1.00. The average Bonchev–Trinajstić information content (AvgIpc) is 2.82.